The molecule has 70 valence electrons. The van der Waals surface area contributed by atoms with Crippen LogP contribution in [0.3, 0.4) is 0 Å². The standard InChI is InChI=1S/C7H12O5/c1-10-4-3-12-7(9)6(11-2)5(4)8/h4-6,8H,3H2,1-2H3/t4-,5+,6-/m1/s1. The van der Waals surface area contributed by atoms with Gasteiger partial charge in [-0.25, -0.2) is 4.79 Å². The molecule has 1 N–H and O–H groups in total. The average Bonchev–Trinajstić information content (AvgIpc) is 2.06. The van der Waals surface area contributed by atoms with Crippen LogP contribution in [0.2, 0.25) is 0 Å². The second-order valence-electron chi connectivity index (χ2n) is 2.55. The predicted octanol–water partition coefficient (Wildman–Crippen LogP) is -1.07. The van der Waals surface area contributed by atoms with E-state index in [1.807, 2.05) is 0 Å². The lowest BCUT2D eigenvalue weighted by atomic mass is 10.1. The van der Waals surface area contributed by atoms with Crippen LogP contribution in [0.1, 0.15) is 0 Å². The van der Waals surface area contributed by atoms with E-state index in [9.17, 15) is 9.90 Å². The molecule has 5 heteroatoms. The molecule has 1 aliphatic rings. The molecule has 0 radical (unpaired) electrons. The highest BCUT2D eigenvalue weighted by Gasteiger charge is 2.39. The highest BCUT2D eigenvalue weighted by molar-refractivity contribution is 5.76. The first-order valence-electron chi connectivity index (χ1n) is 3.61. The van der Waals surface area contributed by atoms with E-state index in [2.05, 4.69) is 0 Å². The van der Waals surface area contributed by atoms with Crippen molar-refractivity contribution in [2.75, 3.05) is 20.8 Å². The van der Waals surface area contributed by atoms with Crippen LogP contribution in [-0.4, -0.2) is 50.2 Å². The fraction of sp³-hybridized carbons (Fsp3) is 0.857. The van der Waals surface area contributed by atoms with Gasteiger partial charge in [-0.1, -0.05) is 0 Å². The molecule has 0 spiro atoms. The Balaban J connectivity index is 2.63. The first-order chi connectivity index (χ1) is 5.70. The molecule has 1 fully saturated rings. The summed E-state index contributed by atoms with van der Waals surface area (Å²) in [6.45, 7) is 0.0797. The minimum absolute atomic E-state index is 0.0797. The smallest absolute Gasteiger partial charge is 0.338 e. The van der Waals surface area contributed by atoms with E-state index < -0.39 is 24.3 Å². The summed E-state index contributed by atoms with van der Waals surface area (Å²) < 4.78 is 14.3. The molecule has 0 unspecified atom stereocenters. The molecule has 1 aliphatic heterocycles. The van der Waals surface area contributed by atoms with Gasteiger partial charge in [0.1, 0.15) is 18.8 Å². The van der Waals surface area contributed by atoms with E-state index in [0.29, 0.717) is 0 Å². The van der Waals surface area contributed by atoms with Gasteiger partial charge in [-0.2, -0.15) is 0 Å². The van der Waals surface area contributed by atoms with Crippen molar-refractivity contribution in [3.63, 3.8) is 0 Å². The zero-order chi connectivity index (χ0) is 9.14. The summed E-state index contributed by atoms with van der Waals surface area (Å²) in [6, 6.07) is 0. The van der Waals surface area contributed by atoms with Crippen LogP contribution in [0.25, 0.3) is 0 Å². The van der Waals surface area contributed by atoms with E-state index in [4.69, 9.17) is 14.2 Å². The fourth-order valence-electron chi connectivity index (χ4n) is 1.12. The van der Waals surface area contributed by atoms with E-state index in [1.165, 1.54) is 14.2 Å². The van der Waals surface area contributed by atoms with Gasteiger partial charge in [0.05, 0.1) is 0 Å². The van der Waals surface area contributed by atoms with Crippen LogP contribution in [0.15, 0.2) is 0 Å². The van der Waals surface area contributed by atoms with Gasteiger partial charge in [0.2, 0.25) is 0 Å². The monoisotopic (exact) mass is 176 g/mol. The Morgan fingerprint density at radius 2 is 2.17 bits per heavy atom. The average molecular weight is 176 g/mol. The third kappa shape index (κ3) is 1.57. The molecule has 3 atom stereocenters. The summed E-state index contributed by atoms with van der Waals surface area (Å²) >= 11 is 0. The number of esters is 1. The SMILES string of the molecule is CO[C@@H]1COC(=O)[C@H](OC)[C@H]1O. The van der Waals surface area contributed by atoms with Crippen molar-refractivity contribution in [2.45, 2.75) is 18.3 Å². The number of carbonyl (C=O) groups excluding carboxylic acids is 1. The molecule has 0 aliphatic carbocycles. The molecule has 0 bridgehead atoms. The predicted molar refractivity (Wildman–Crippen MR) is 38.6 cm³/mol. The van der Waals surface area contributed by atoms with Gasteiger partial charge in [0, 0.05) is 14.2 Å². The molecular formula is C7H12O5. The number of rotatable bonds is 2. The molecule has 0 aromatic heterocycles. The zero-order valence-corrected chi connectivity index (χ0v) is 7.02. The van der Waals surface area contributed by atoms with Gasteiger partial charge in [-0.3, -0.25) is 0 Å². The van der Waals surface area contributed by atoms with E-state index in [1.54, 1.807) is 0 Å². The Morgan fingerprint density at radius 3 is 2.67 bits per heavy atom. The fourth-order valence-corrected chi connectivity index (χ4v) is 1.12. The molecule has 0 saturated carbocycles. The highest BCUT2D eigenvalue weighted by atomic mass is 16.6. The Labute approximate surface area is 70.2 Å². The first kappa shape index (κ1) is 9.44. The summed E-state index contributed by atoms with van der Waals surface area (Å²) in [5.41, 5.74) is 0. The van der Waals surface area contributed by atoms with E-state index in [0.717, 1.165) is 0 Å². The number of hydrogen-bond donors (Lipinski definition) is 1. The van der Waals surface area contributed by atoms with E-state index in [-0.39, 0.29) is 6.61 Å². The molecule has 1 saturated heterocycles. The van der Waals surface area contributed by atoms with Crippen molar-refractivity contribution in [1.82, 2.24) is 0 Å². The van der Waals surface area contributed by atoms with Crippen LogP contribution in [-0.2, 0) is 19.0 Å². The summed E-state index contributed by atoms with van der Waals surface area (Å²) in [6.07, 6.45) is -2.36. The quantitative estimate of drug-likeness (QED) is 0.543. The maximum absolute atomic E-state index is 10.9. The molecule has 1 heterocycles. The lowest BCUT2D eigenvalue weighted by Gasteiger charge is -2.31. The maximum Gasteiger partial charge on any atom is 0.338 e. The number of carbonyl (C=O) groups is 1. The van der Waals surface area contributed by atoms with Crippen LogP contribution in [0, 0.1) is 0 Å². The number of methoxy groups -OCH3 is 2. The van der Waals surface area contributed by atoms with Crippen molar-refractivity contribution in [3.8, 4) is 0 Å². The van der Waals surface area contributed by atoms with Crippen molar-refractivity contribution in [1.29, 1.82) is 0 Å². The van der Waals surface area contributed by atoms with Crippen LogP contribution >= 0.6 is 0 Å². The molecule has 0 aromatic rings. The lowest BCUT2D eigenvalue weighted by molar-refractivity contribution is -0.193. The highest BCUT2D eigenvalue weighted by Crippen LogP contribution is 2.14. The number of cyclic esters (lactones) is 1. The Morgan fingerprint density at radius 1 is 1.50 bits per heavy atom. The third-order valence-corrected chi connectivity index (χ3v) is 1.87. The van der Waals surface area contributed by atoms with Gasteiger partial charge in [0.25, 0.3) is 0 Å². The van der Waals surface area contributed by atoms with Crippen LogP contribution in [0.5, 0.6) is 0 Å². The van der Waals surface area contributed by atoms with Crippen molar-refractivity contribution >= 4 is 5.97 Å². The number of hydrogen-bond acceptors (Lipinski definition) is 5. The van der Waals surface area contributed by atoms with Gasteiger partial charge in [-0.15, -0.1) is 0 Å². The van der Waals surface area contributed by atoms with Crippen molar-refractivity contribution in [3.05, 3.63) is 0 Å². The van der Waals surface area contributed by atoms with Gasteiger partial charge >= 0.3 is 5.97 Å². The van der Waals surface area contributed by atoms with Crippen LogP contribution < -0.4 is 0 Å². The van der Waals surface area contributed by atoms with Gasteiger partial charge in [0.15, 0.2) is 6.10 Å². The number of aliphatic hydroxyl groups is 1. The zero-order valence-electron chi connectivity index (χ0n) is 7.02. The Hall–Kier alpha value is -0.650. The Bertz CT molecular complexity index is 169. The van der Waals surface area contributed by atoms with Crippen molar-refractivity contribution in [2.24, 2.45) is 0 Å². The normalized spacial score (nSPS) is 36.2. The third-order valence-electron chi connectivity index (χ3n) is 1.87. The lowest BCUT2D eigenvalue weighted by Crippen LogP contribution is -2.52. The second-order valence-corrected chi connectivity index (χ2v) is 2.55. The summed E-state index contributed by atoms with van der Waals surface area (Å²) in [5.74, 6) is -0.543. The summed E-state index contributed by atoms with van der Waals surface area (Å²) in [7, 11) is 2.78. The van der Waals surface area contributed by atoms with E-state index >= 15 is 0 Å². The van der Waals surface area contributed by atoms with Crippen molar-refractivity contribution < 1.29 is 24.1 Å². The number of ether oxygens (including phenoxy) is 3. The minimum Gasteiger partial charge on any atom is -0.461 e. The second kappa shape index (κ2) is 3.84. The van der Waals surface area contributed by atoms with Gasteiger partial charge in [-0.05, 0) is 0 Å². The Kier molecular flexibility index (Phi) is 3.02. The minimum atomic E-state index is -0.943. The molecule has 0 amide bonds. The van der Waals surface area contributed by atoms with Gasteiger partial charge < -0.3 is 19.3 Å². The summed E-state index contributed by atoms with van der Waals surface area (Å²) in [5, 5.41) is 9.45. The first-order valence-corrected chi connectivity index (χ1v) is 3.61. The molecule has 1 rings (SSSR count). The maximum atomic E-state index is 10.9. The molecular weight excluding hydrogens is 164 g/mol. The van der Waals surface area contributed by atoms with Crippen LogP contribution in [0.4, 0.5) is 0 Å². The largest absolute Gasteiger partial charge is 0.461 e. The molecule has 0 aromatic carbocycles. The topological polar surface area (TPSA) is 65.0 Å². The number of aliphatic hydroxyl groups excluding tert-OH is 1. The molecule has 5 nitrogen and oxygen atoms in total. The summed E-state index contributed by atoms with van der Waals surface area (Å²) in [4.78, 5) is 10.9. The molecule has 12 heavy (non-hydrogen) atoms.